The van der Waals surface area contributed by atoms with E-state index >= 15 is 0 Å². The molecule has 0 aliphatic heterocycles. The molecule has 0 aliphatic rings. The van der Waals surface area contributed by atoms with Crippen LogP contribution in [0.5, 0.6) is 0 Å². The van der Waals surface area contributed by atoms with Gasteiger partial charge in [0, 0.05) is 24.6 Å². The second kappa shape index (κ2) is 5.05. The van der Waals surface area contributed by atoms with Crippen LogP contribution in [0.4, 0.5) is 5.13 Å². The topological polar surface area (TPSA) is 51.5 Å². The summed E-state index contributed by atoms with van der Waals surface area (Å²) in [4.78, 5) is 5.46. The number of methoxy groups -OCH3 is 1. The van der Waals surface area contributed by atoms with Crippen molar-refractivity contribution in [3.63, 3.8) is 0 Å². The van der Waals surface area contributed by atoms with Gasteiger partial charge < -0.3 is 10.1 Å². The van der Waals surface area contributed by atoms with E-state index in [0.717, 1.165) is 27.9 Å². The van der Waals surface area contributed by atoms with Crippen molar-refractivity contribution in [2.75, 3.05) is 25.6 Å². The molecule has 0 atom stereocenters. The first-order valence-electron chi connectivity index (χ1n) is 5.48. The third kappa shape index (κ3) is 2.24. The fourth-order valence-electron chi connectivity index (χ4n) is 1.58. The Balaban J connectivity index is 1.81. The fraction of sp³-hybridized carbons (Fsp3) is 0.273. The zero-order valence-electron chi connectivity index (χ0n) is 9.79. The number of aromatic nitrogens is 3. The van der Waals surface area contributed by atoms with Crippen molar-refractivity contribution in [1.29, 1.82) is 0 Å². The van der Waals surface area contributed by atoms with Crippen LogP contribution in [0, 0.1) is 0 Å². The summed E-state index contributed by atoms with van der Waals surface area (Å²) in [5, 5.41) is 12.6. The van der Waals surface area contributed by atoms with Crippen LogP contribution in [0.2, 0.25) is 0 Å². The third-order valence-electron chi connectivity index (χ3n) is 2.44. The van der Waals surface area contributed by atoms with Crippen LogP contribution in [0.1, 0.15) is 0 Å². The van der Waals surface area contributed by atoms with E-state index in [4.69, 9.17) is 4.74 Å². The van der Waals surface area contributed by atoms with Crippen molar-refractivity contribution >= 4 is 32.8 Å². The third-order valence-corrected chi connectivity index (χ3v) is 4.01. The first-order valence-corrected chi connectivity index (χ1v) is 7.24. The first kappa shape index (κ1) is 11.6. The molecule has 0 aromatic carbocycles. The van der Waals surface area contributed by atoms with Crippen LogP contribution in [-0.4, -0.2) is 34.9 Å². The molecule has 0 spiro atoms. The van der Waals surface area contributed by atoms with Gasteiger partial charge in [-0.05, 0) is 11.4 Å². The molecule has 3 aromatic heterocycles. The zero-order valence-corrected chi connectivity index (χ0v) is 11.4. The van der Waals surface area contributed by atoms with Crippen LogP contribution in [0.25, 0.3) is 16.2 Å². The molecule has 1 N–H and O–H groups in total. The minimum atomic E-state index is 0.669. The summed E-state index contributed by atoms with van der Waals surface area (Å²) in [7, 11) is 1.68. The van der Waals surface area contributed by atoms with E-state index in [9.17, 15) is 0 Å². The number of hydrogen-bond acceptors (Lipinski definition) is 6. The Morgan fingerprint density at radius 3 is 3.17 bits per heavy atom. The van der Waals surface area contributed by atoms with E-state index in [-0.39, 0.29) is 0 Å². The average molecular weight is 280 g/mol. The molecule has 0 unspecified atom stereocenters. The molecular weight excluding hydrogens is 268 g/mol. The highest BCUT2D eigenvalue weighted by molar-refractivity contribution is 7.20. The molecule has 18 heavy (non-hydrogen) atoms. The van der Waals surface area contributed by atoms with E-state index in [1.54, 1.807) is 29.8 Å². The minimum Gasteiger partial charge on any atom is -0.383 e. The number of nitrogens with one attached hydrogen (secondary N) is 1. The largest absolute Gasteiger partial charge is 0.383 e. The Kier molecular flexibility index (Phi) is 3.26. The summed E-state index contributed by atoms with van der Waals surface area (Å²) in [6, 6.07) is 2.06. The Labute approximate surface area is 112 Å². The van der Waals surface area contributed by atoms with E-state index < -0.39 is 0 Å². The van der Waals surface area contributed by atoms with Crippen LogP contribution < -0.4 is 5.32 Å². The number of anilines is 1. The van der Waals surface area contributed by atoms with E-state index in [1.165, 1.54) is 0 Å². The maximum Gasteiger partial charge on any atom is 0.214 e. The Morgan fingerprint density at radius 2 is 2.44 bits per heavy atom. The lowest BCUT2D eigenvalue weighted by Gasteiger charge is -1.98. The molecule has 0 aliphatic carbocycles. The van der Waals surface area contributed by atoms with Crippen molar-refractivity contribution in [1.82, 2.24) is 14.6 Å². The molecule has 0 saturated heterocycles. The van der Waals surface area contributed by atoms with Crippen LogP contribution >= 0.6 is 22.7 Å². The van der Waals surface area contributed by atoms with Gasteiger partial charge in [-0.2, -0.15) is 11.3 Å². The van der Waals surface area contributed by atoms with Gasteiger partial charge in [-0.15, -0.1) is 5.10 Å². The summed E-state index contributed by atoms with van der Waals surface area (Å²) in [5.41, 5.74) is 2.12. The molecule has 0 saturated carbocycles. The predicted octanol–water partition coefficient (Wildman–Crippen LogP) is 2.58. The number of fused-ring (bicyclic) bond motifs is 1. The maximum atomic E-state index is 4.98. The van der Waals surface area contributed by atoms with Gasteiger partial charge in [0.05, 0.1) is 18.5 Å². The zero-order chi connectivity index (χ0) is 12.4. The van der Waals surface area contributed by atoms with Gasteiger partial charge in [0.15, 0.2) is 0 Å². The van der Waals surface area contributed by atoms with Gasteiger partial charge in [-0.3, -0.25) is 0 Å². The molecule has 0 radical (unpaired) electrons. The molecule has 3 heterocycles. The summed E-state index contributed by atoms with van der Waals surface area (Å²) < 4.78 is 6.79. The Bertz CT molecular complexity index is 597. The first-order chi connectivity index (χ1) is 8.86. The summed E-state index contributed by atoms with van der Waals surface area (Å²) >= 11 is 3.21. The maximum absolute atomic E-state index is 4.98. The van der Waals surface area contributed by atoms with E-state index in [1.807, 2.05) is 16.1 Å². The molecule has 94 valence electrons. The number of thiophene rings is 1. The number of rotatable bonds is 5. The smallest absolute Gasteiger partial charge is 0.214 e. The lowest BCUT2D eigenvalue weighted by atomic mass is 10.3. The van der Waals surface area contributed by atoms with Crippen molar-refractivity contribution in [3.05, 3.63) is 23.0 Å². The van der Waals surface area contributed by atoms with Gasteiger partial charge in [0.2, 0.25) is 10.1 Å². The van der Waals surface area contributed by atoms with E-state index in [0.29, 0.717) is 6.61 Å². The SMILES string of the molecule is COCCNc1nn2cc(-c3ccsc3)nc2s1. The lowest BCUT2D eigenvalue weighted by Crippen LogP contribution is -2.07. The number of nitrogens with zero attached hydrogens (tertiary/aromatic N) is 3. The minimum absolute atomic E-state index is 0.669. The molecule has 7 heteroatoms. The highest BCUT2D eigenvalue weighted by Gasteiger charge is 2.09. The molecule has 3 rings (SSSR count). The Hall–Kier alpha value is -1.44. The van der Waals surface area contributed by atoms with E-state index in [2.05, 4.69) is 26.8 Å². The van der Waals surface area contributed by atoms with Gasteiger partial charge in [-0.25, -0.2) is 9.50 Å². The van der Waals surface area contributed by atoms with Crippen molar-refractivity contribution < 1.29 is 4.74 Å². The highest BCUT2D eigenvalue weighted by Crippen LogP contribution is 2.25. The second-order valence-electron chi connectivity index (χ2n) is 3.69. The monoisotopic (exact) mass is 280 g/mol. The standard InChI is InChI=1S/C11H12N4OS2/c1-16-4-3-12-10-14-15-6-9(13-11(15)18-10)8-2-5-17-7-8/h2,5-7H,3-4H2,1H3,(H,12,14). The summed E-state index contributed by atoms with van der Waals surface area (Å²) in [6.45, 7) is 1.42. The molecular formula is C11H12N4OS2. The van der Waals surface area contributed by atoms with Crippen LogP contribution in [0.3, 0.4) is 0 Å². The summed E-state index contributed by atoms with van der Waals surface area (Å²) in [6.07, 6.45) is 1.95. The van der Waals surface area contributed by atoms with Gasteiger partial charge in [0.25, 0.3) is 0 Å². The molecule has 3 aromatic rings. The molecule has 5 nitrogen and oxygen atoms in total. The van der Waals surface area contributed by atoms with Crippen LogP contribution in [0.15, 0.2) is 23.0 Å². The van der Waals surface area contributed by atoms with Crippen molar-refractivity contribution in [2.45, 2.75) is 0 Å². The van der Waals surface area contributed by atoms with Gasteiger partial charge in [0.1, 0.15) is 0 Å². The van der Waals surface area contributed by atoms with Gasteiger partial charge >= 0.3 is 0 Å². The Morgan fingerprint density at radius 1 is 1.50 bits per heavy atom. The van der Waals surface area contributed by atoms with Gasteiger partial charge in [-0.1, -0.05) is 11.3 Å². The number of imidazole rings is 1. The highest BCUT2D eigenvalue weighted by atomic mass is 32.1. The van der Waals surface area contributed by atoms with Crippen molar-refractivity contribution in [3.8, 4) is 11.3 Å². The summed E-state index contributed by atoms with van der Waals surface area (Å²) in [5.74, 6) is 0. The fourth-order valence-corrected chi connectivity index (χ4v) is 3.04. The van der Waals surface area contributed by atoms with Crippen LogP contribution in [-0.2, 0) is 4.74 Å². The normalized spacial score (nSPS) is 11.2. The molecule has 0 fully saturated rings. The second-order valence-corrected chi connectivity index (χ2v) is 5.43. The van der Waals surface area contributed by atoms with Crippen molar-refractivity contribution in [2.24, 2.45) is 0 Å². The quantitative estimate of drug-likeness (QED) is 0.730. The molecule has 0 bridgehead atoms. The number of ether oxygens (including phenoxy) is 1. The average Bonchev–Trinajstić information content (AvgIpc) is 3.03. The number of hydrogen-bond donors (Lipinski definition) is 1. The molecule has 0 amide bonds. The predicted molar refractivity (Wildman–Crippen MR) is 74.5 cm³/mol. The lowest BCUT2D eigenvalue weighted by molar-refractivity contribution is 0.210.